The zero-order valence-corrected chi connectivity index (χ0v) is 11.7. The summed E-state index contributed by atoms with van der Waals surface area (Å²) in [6.45, 7) is 2.63. The lowest BCUT2D eigenvalue weighted by Crippen LogP contribution is -2.20. The van der Waals surface area contributed by atoms with E-state index in [2.05, 4.69) is 10.3 Å². The van der Waals surface area contributed by atoms with Gasteiger partial charge in [0, 0.05) is 18.8 Å². The fraction of sp³-hybridized carbons (Fsp3) is 0.250. The molecule has 1 aromatic heterocycles. The van der Waals surface area contributed by atoms with Crippen molar-refractivity contribution in [2.24, 2.45) is 0 Å². The molecule has 0 bridgehead atoms. The summed E-state index contributed by atoms with van der Waals surface area (Å²) < 4.78 is 4.79. The van der Waals surface area contributed by atoms with Crippen LogP contribution >= 0.6 is 0 Å². The first-order valence-corrected chi connectivity index (χ1v) is 6.53. The fourth-order valence-electron chi connectivity index (χ4n) is 1.98. The number of benzene rings is 1. The summed E-state index contributed by atoms with van der Waals surface area (Å²) in [6, 6.07) is 13.4. The average molecular weight is 270 g/mol. The van der Waals surface area contributed by atoms with E-state index in [9.17, 15) is 4.79 Å². The van der Waals surface area contributed by atoms with Crippen LogP contribution in [0.5, 0.6) is 0 Å². The van der Waals surface area contributed by atoms with Crippen LogP contribution in [-0.2, 0) is 11.3 Å². The van der Waals surface area contributed by atoms with Gasteiger partial charge in [-0.2, -0.15) is 0 Å². The van der Waals surface area contributed by atoms with Gasteiger partial charge in [0.1, 0.15) is 0 Å². The monoisotopic (exact) mass is 270 g/mol. The molecule has 0 unspecified atom stereocenters. The number of hydrogen-bond acceptors (Lipinski definition) is 4. The SMILES string of the molecule is COC(=O)c1ccccc1CN[C@@H](C)c1ccccn1. The second-order valence-electron chi connectivity index (χ2n) is 4.51. The van der Waals surface area contributed by atoms with Crippen LogP contribution in [0.3, 0.4) is 0 Å². The molecule has 0 spiro atoms. The molecule has 0 aliphatic heterocycles. The number of ether oxygens (including phenoxy) is 1. The Morgan fingerprint density at radius 2 is 2.00 bits per heavy atom. The highest BCUT2D eigenvalue weighted by atomic mass is 16.5. The minimum Gasteiger partial charge on any atom is -0.465 e. The zero-order valence-electron chi connectivity index (χ0n) is 11.7. The molecule has 0 fully saturated rings. The summed E-state index contributed by atoms with van der Waals surface area (Å²) in [4.78, 5) is 16.0. The molecule has 20 heavy (non-hydrogen) atoms. The molecule has 0 aliphatic rings. The Hall–Kier alpha value is -2.20. The fourth-order valence-corrected chi connectivity index (χ4v) is 1.98. The lowest BCUT2D eigenvalue weighted by atomic mass is 10.1. The third kappa shape index (κ3) is 3.42. The van der Waals surface area contributed by atoms with Crippen LogP contribution in [0.15, 0.2) is 48.7 Å². The third-order valence-electron chi connectivity index (χ3n) is 3.15. The van der Waals surface area contributed by atoms with Crippen LogP contribution in [0, 0.1) is 0 Å². The van der Waals surface area contributed by atoms with Crippen molar-refractivity contribution in [2.75, 3.05) is 7.11 Å². The summed E-state index contributed by atoms with van der Waals surface area (Å²) in [5.41, 5.74) is 2.49. The first-order valence-electron chi connectivity index (χ1n) is 6.53. The van der Waals surface area contributed by atoms with Crippen molar-refractivity contribution < 1.29 is 9.53 Å². The number of aromatic nitrogens is 1. The van der Waals surface area contributed by atoms with Crippen LogP contribution in [0.2, 0.25) is 0 Å². The quantitative estimate of drug-likeness (QED) is 0.849. The minimum absolute atomic E-state index is 0.113. The lowest BCUT2D eigenvalue weighted by Gasteiger charge is -2.14. The Morgan fingerprint density at radius 3 is 2.70 bits per heavy atom. The molecule has 2 rings (SSSR count). The molecular weight excluding hydrogens is 252 g/mol. The molecule has 4 heteroatoms. The van der Waals surface area contributed by atoms with E-state index in [1.807, 2.05) is 43.3 Å². The molecule has 1 aromatic carbocycles. The highest BCUT2D eigenvalue weighted by Crippen LogP contribution is 2.13. The summed E-state index contributed by atoms with van der Waals surface area (Å²) in [6.07, 6.45) is 1.77. The standard InChI is InChI=1S/C16H18N2O2/c1-12(15-9-5-6-10-17-15)18-11-13-7-3-4-8-14(13)16(19)20-2/h3-10,12,18H,11H2,1-2H3/t12-/m0/s1. The van der Waals surface area contributed by atoms with E-state index >= 15 is 0 Å². The van der Waals surface area contributed by atoms with E-state index in [0.717, 1.165) is 11.3 Å². The summed E-state index contributed by atoms with van der Waals surface area (Å²) in [5, 5.41) is 3.36. The number of esters is 1. The molecule has 0 saturated carbocycles. The maximum Gasteiger partial charge on any atom is 0.338 e. The second-order valence-corrected chi connectivity index (χ2v) is 4.51. The van der Waals surface area contributed by atoms with Gasteiger partial charge in [-0.25, -0.2) is 4.79 Å². The molecule has 1 heterocycles. The Balaban J connectivity index is 2.06. The summed E-state index contributed by atoms with van der Waals surface area (Å²) in [7, 11) is 1.39. The van der Waals surface area contributed by atoms with Crippen molar-refractivity contribution in [1.29, 1.82) is 0 Å². The number of nitrogens with one attached hydrogen (secondary N) is 1. The largest absolute Gasteiger partial charge is 0.465 e. The molecule has 4 nitrogen and oxygen atoms in total. The molecule has 0 saturated heterocycles. The van der Waals surface area contributed by atoms with Crippen molar-refractivity contribution in [3.05, 3.63) is 65.5 Å². The number of methoxy groups -OCH3 is 1. The molecule has 2 aromatic rings. The van der Waals surface area contributed by atoms with Crippen LogP contribution in [0.4, 0.5) is 0 Å². The molecule has 1 atom stereocenters. The van der Waals surface area contributed by atoms with Crippen LogP contribution in [0.25, 0.3) is 0 Å². The van der Waals surface area contributed by atoms with Gasteiger partial charge < -0.3 is 10.1 Å². The first kappa shape index (κ1) is 14.2. The van der Waals surface area contributed by atoms with Crippen molar-refractivity contribution in [2.45, 2.75) is 19.5 Å². The van der Waals surface area contributed by atoms with Crippen molar-refractivity contribution in [1.82, 2.24) is 10.3 Å². The highest BCUT2D eigenvalue weighted by molar-refractivity contribution is 5.90. The molecular formula is C16H18N2O2. The first-order chi connectivity index (χ1) is 9.72. The van der Waals surface area contributed by atoms with E-state index in [0.29, 0.717) is 12.1 Å². The maximum absolute atomic E-state index is 11.7. The number of hydrogen-bond donors (Lipinski definition) is 1. The number of pyridine rings is 1. The van der Waals surface area contributed by atoms with Gasteiger partial charge in [0.05, 0.1) is 18.4 Å². The highest BCUT2D eigenvalue weighted by Gasteiger charge is 2.12. The summed E-state index contributed by atoms with van der Waals surface area (Å²) >= 11 is 0. The van der Waals surface area contributed by atoms with Crippen LogP contribution < -0.4 is 5.32 Å². The Labute approximate surface area is 118 Å². The third-order valence-corrected chi connectivity index (χ3v) is 3.15. The normalized spacial score (nSPS) is 11.9. The van der Waals surface area contributed by atoms with Gasteiger partial charge in [-0.1, -0.05) is 24.3 Å². The van der Waals surface area contributed by atoms with E-state index in [1.54, 1.807) is 12.3 Å². The lowest BCUT2D eigenvalue weighted by molar-refractivity contribution is 0.0599. The predicted octanol–water partition coefficient (Wildman–Crippen LogP) is 2.72. The predicted molar refractivity (Wildman–Crippen MR) is 77.3 cm³/mol. The van der Waals surface area contributed by atoms with Gasteiger partial charge >= 0.3 is 5.97 Å². The zero-order chi connectivity index (χ0) is 14.4. The second kappa shape index (κ2) is 6.82. The minimum atomic E-state index is -0.312. The van der Waals surface area contributed by atoms with Gasteiger partial charge in [-0.3, -0.25) is 4.98 Å². The van der Waals surface area contributed by atoms with Gasteiger partial charge in [-0.05, 0) is 30.7 Å². The van der Waals surface area contributed by atoms with Gasteiger partial charge in [0.2, 0.25) is 0 Å². The Morgan fingerprint density at radius 1 is 1.25 bits per heavy atom. The number of carbonyl (C=O) groups excluding carboxylic acids is 1. The Bertz CT molecular complexity index is 570. The van der Waals surface area contributed by atoms with E-state index in [-0.39, 0.29) is 12.0 Å². The summed E-state index contributed by atoms with van der Waals surface area (Å²) in [5.74, 6) is -0.312. The maximum atomic E-state index is 11.7. The number of rotatable bonds is 5. The Kier molecular flexibility index (Phi) is 4.85. The number of nitrogens with zero attached hydrogens (tertiary/aromatic N) is 1. The van der Waals surface area contributed by atoms with Crippen molar-refractivity contribution >= 4 is 5.97 Å². The van der Waals surface area contributed by atoms with E-state index in [1.165, 1.54) is 7.11 Å². The van der Waals surface area contributed by atoms with Gasteiger partial charge in [0.15, 0.2) is 0 Å². The van der Waals surface area contributed by atoms with Crippen molar-refractivity contribution in [3.8, 4) is 0 Å². The molecule has 0 radical (unpaired) electrons. The molecule has 0 amide bonds. The van der Waals surface area contributed by atoms with Crippen LogP contribution in [0.1, 0.15) is 34.6 Å². The average Bonchev–Trinajstić information content (AvgIpc) is 2.53. The molecule has 0 aliphatic carbocycles. The number of carbonyl (C=O) groups is 1. The molecule has 104 valence electrons. The van der Waals surface area contributed by atoms with E-state index in [4.69, 9.17) is 4.74 Å². The molecule has 1 N–H and O–H groups in total. The smallest absolute Gasteiger partial charge is 0.338 e. The van der Waals surface area contributed by atoms with Crippen molar-refractivity contribution in [3.63, 3.8) is 0 Å². The van der Waals surface area contributed by atoms with E-state index < -0.39 is 0 Å². The van der Waals surface area contributed by atoms with Crippen LogP contribution in [-0.4, -0.2) is 18.1 Å². The van der Waals surface area contributed by atoms with Gasteiger partial charge in [-0.15, -0.1) is 0 Å². The topological polar surface area (TPSA) is 51.2 Å². The van der Waals surface area contributed by atoms with Gasteiger partial charge in [0.25, 0.3) is 0 Å².